The lowest BCUT2D eigenvalue weighted by molar-refractivity contribution is 0.0919. The monoisotopic (exact) mass is 330 g/mol. The predicted octanol–water partition coefficient (Wildman–Crippen LogP) is 2.19. The number of benzene rings is 1. The summed E-state index contributed by atoms with van der Waals surface area (Å²) in [5, 5.41) is 13.5. The van der Waals surface area contributed by atoms with Gasteiger partial charge >= 0.3 is 0 Å². The molecule has 0 radical (unpaired) electrons. The SMILES string of the molecule is CC(C)C(Cc1ccc(F)cc1)NC(=O)c1n[nH]c2c1CNCC2. The van der Waals surface area contributed by atoms with E-state index in [4.69, 9.17) is 0 Å². The molecule has 1 amide bonds. The highest BCUT2D eigenvalue weighted by Crippen LogP contribution is 2.17. The summed E-state index contributed by atoms with van der Waals surface area (Å²) >= 11 is 0. The molecule has 0 aliphatic carbocycles. The summed E-state index contributed by atoms with van der Waals surface area (Å²) in [6.45, 7) is 5.69. The van der Waals surface area contributed by atoms with Crippen LogP contribution in [-0.4, -0.2) is 28.7 Å². The fraction of sp³-hybridized carbons (Fsp3) is 0.444. The first-order valence-corrected chi connectivity index (χ1v) is 8.36. The molecule has 5 nitrogen and oxygen atoms in total. The number of nitrogens with zero attached hydrogens (tertiary/aromatic N) is 1. The van der Waals surface area contributed by atoms with Crippen LogP contribution in [0, 0.1) is 11.7 Å². The zero-order valence-electron chi connectivity index (χ0n) is 14.0. The minimum atomic E-state index is -0.250. The molecule has 128 valence electrons. The van der Waals surface area contributed by atoms with Crippen LogP contribution in [-0.2, 0) is 19.4 Å². The van der Waals surface area contributed by atoms with Gasteiger partial charge < -0.3 is 10.6 Å². The number of nitrogens with one attached hydrogen (secondary N) is 3. The van der Waals surface area contributed by atoms with Crippen LogP contribution in [0.4, 0.5) is 4.39 Å². The molecule has 0 bridgehead atoms. The molecule has 1 atom stereocenters. The molecule has 1 unspecified atom stereocenters. The first kappa shape index (κ1) is 16.6. The fourth-order valence-electron chi connectivity index (χ4n) is 2.98. The Labute approximate surface area is 141 Å². The van der Waals surface area contributed by atoms with Crippen LogP contribution in [0.1, 0.15) is 41.2 Å². The molecule has 3 rings (SSSR count). The molecular formula is C18H23FN4O. The van der Waals surface area contributed by atoms with Crippen molar-refractivity contribution in [3.8, 4) is 0 Å². The summed E-state index contributed by atoms with van der Waals surface area (Å²) < 4.78 is 13.1. The van der Waals surface area contributed by atoms with Crippen molar-refractivity contribution in [3.05, 3.63) is 52.6 Å². The quantitative estimate of drug-likeness (QED) is 0.787. The number of aromatic amines is 1. The number of amides is 1. The number of halogens is 1. The zero-order valence-corrected chi connectivity index (χ0v) is 14.0. The van der Waals surface area contributed by atoms with Gasteiger partial charge in [-0.25, -0.2) is 4.39 Å². The standard InChI is InChI=1S/C18H23FN4O/c1-11(2)16(9-12-3-5-13(19)6-4-12)21-18(24)17-14-10-20-8-7-15(14)22-23-17/h3-6,11,16,20H,7-10H2,1-2H3,(H,21,24)(H,22,23). The van der Waals surface area contributed by atoms with E-state index in [1.54, 1.807) is 12.1 Å². The number of hydrogen-bond donors (Lipinski definition) is 3. The number of fused-ring (bicyclic) bond motifs is 1. The average Bonchev–Trinajstić information content (AvgIpc) is 3.00. The molecule has 0 spiro atoms. The second kappa shape index (κ2) is 7.13. The van der Waals surface area contributed by atoms with Crippen molar-refractivity contribution < 1.29 is 9.18 Å². The summed E-state index contributed by atoms with van der Waals surface area (Å²) in [5.41, 5.74) is 3.48. The number of hydrogen-bond acceptors (Lipinski definition) is 3. The second-order valence-corrected chi connectivity index (χ2v) is 6.61. The first-order valence-electron chi connectivity index (χ1n) is 8.36. The Morgan fingerprint density at radius 2 is 2.08 bits per heavy atom. The van der Waals surface area contributed by atoms with Gasteiger partial charge in [-0.1, -0.05) is 26.0 Å². The van der Waals surface area contributed by atoms with E-state index in [1.165, 1.54) is 12.1 Å². The highest BCUT2D eigenvalue weighted by atomic mass is 19.1. The molecule has 3 N–H and O–H groups in total. The number of rotatable bonds is 5. The Kier molecular flexibility index (Phi) is 4.94. The van der Waals surface area contributed by atoms with Crippen molar-refractivity contribution in [2.45, 2.75) is 39.3 Å². The molecule has 0 saturated heterocycles. The maximum absolute atomic E-state index is 13.1. The van der Waals surface area contributed by atoms with Gasteiger partial charge in [-0.2, -0.15) is 5.10 Å². The van der Waals surface area contributed by atoms with Crippen molar-refractivity contribution >= 4 is 5.91 Å². The molecule has 0 fully saturated rings. The van der Waals surface area contributed by atoms with Gasteiger partial charge in [-0.15, -0.1) is 0 Å². The topological polar surface area (TPSA) is 69.8 Å². The predicted molar refractivity (Wildman–Crippen MR) is 90.2 cm³/mol. The minimum Gasteiger partial charge on any atom is -0.347 e. The molecule has 2 heterocycles. The third-order valence-corrected chi connectivity index (χ3v) is 4.51. The Hall–Kier alpha value is -2.21. The van der Waals surface area contributed by atoms with Gasteiger partial charge in [0.1, 0.15) is 5.82 Å². The summed E-state index contributed by atoms with van der Waals surface area (Å²) in [4.78, 5) is 12.7. The van der Waals surface area contributed by atoms with Gasteiger partial charge in [0, 0.05) is 36.8 Å². The third-order valence-electron chi connectivity index (χ3n) is 4.51. The van der Waals surface area contributed by atoms with E-state index in [9.17, 15) is 9.18 Å². The molecule has 0 saturated carbocycles. The smallest absolute Gasteiger partial charge is 0.272 e. The van der Waals surface area contributed by atoms with Crippen molar-refractivity contribution in [2.75, 3.05) is 6.54 Å². The van der Waals surface area contributed by atoms with Gasteiger partial charge in [-0.3, -0.25) is 9.89 Å². The van der Waals surface area contributed by atoms with Gasteiger partial charge in [-0.05, 0) is 30.0 Å². The summed E-state index contributed by atoms with van der Waals surface area (Å²) in [6.07, 6.45) is 1.52. The highest BCUT2D eigenvalue weighted by Gasteiger charge is 2.24. The molecule has 2 aromatic rings. The van der Waals surface area contributed by atoms with E-state index >= 15 is 0 Å². The lowest BCUT2D eigenvalue weighted by atomic mass is 9.96. The molecule has 24 heavy (non-hydrogen) atoms. The molecule has 1 aromatic heterocycles. The zero-order chi connectivity index (χ0) is 17.1. The Bertz CT molecular complexity index is 708. The third kappa shape index (κ3) is 3.64. The summed E-state index contributed by atoms with van der Waals surface area (Å²) in [7, 11) is 0. The van der Waals surface area contributed by atoms with Crippen molar-refractivity contribution in [1.29, 1.82) is 0 Å². The van der Waals surface area contributed by atoms with Crippen LogP contribution in [0.15, 0.2) is 24.3 Å². The highest BCUT2D eigenvalue weighted by molar-refractivity contribution is 5.94. The van der Waals surface area contributed by atoms with Crippen molar-refractivity contribution in [1.82, 2.24) is 20.8 Å². The van der Waals surface area contributed by atoms with E-state index in [1.807, 2.05) is 0 Å². The molecular weight excluding hydrogens is 307 g/mol. The van der Waals surface area contributed by atoms with Crippen LogP contribution >= 0.6 is 0 Å². The number of H-pyrrole nitrogens is 1. The van der Waals surface area contributed by atoms with Crippen LogP contribution in [0.2, 0.25) is 0 Å². The normalized spacial score (nSPS) is 15.2. The van der Waals surface area contributed by atoms with E-state index < -0.39 is 0 Å². The Balaban J connectivity index is 1.72. The van der Waals surface area contributed by atoms with Gasteiger partial charge in [0.25, 0.3) is 5.91 Å². The van der Waals surface area contributed by atoms with Gasteiger partial charge in [0.2, 0.25) is 0 Å². The molecule has 1 aliphatic rings. The Morgan fingerprint density at radius 1 is 1.33 bits per heavy atom. The maximum Gasteiger partial charge on any atom is 0.272 e. The summed E-state index contributed by atoms with van der Waals surface area (Å²) in [6, 6.07) is 6.38. The minimum absolute atomic E-state index is 0.0353. The lowest BCUT2D eigenvalue weighted by Crippen LogP contribution is -2.41. The van der Waals surface area contributed by atoms with Gasteiger partial charge in [0.05, 0.1) is 0 Å². The molecule has 1 aromatic carbocycles. The number of aromatic nitrogens is 2. The number of carbonyl (C=O) groups excluding carboxylic acids is 1. The van der Waals surface area contributed by atoms with E-state index in [0.717, 1.165) is 29.8 Å². The summed E-state index contributed by atoms with van der Waals surface area (Å²) in [5.74, 6) is -0.150. The largest absolute Gasteiger partial charge is 0.347 e. The molecule has 6 heteroatoms. The van der Waals surface area contributed by atoms with Crippen molar-refractivity contribution in [3.63, 3.8) is 0 Å². The Morgan fingerprint density at radius 3 is 2.79 bits per heavy atom. The van der Waals surface area contributed by atoms with Crippen LogP contribution in [0.3, 0.4) is 0 Å². The van der Waals surface area contributed by atoms with Gasteiger partial charge in [0.15, 0.2) is 5.69 Å². The average molecular weight is 330 g/mol. The fourth-order valence-corrected chi connectivity index (χ4v) is 2.98. The van der Waals surface area contributed by atoms with E-state index in [2.05, 4.69) is 34.7 Å². The van der Waals surface area contributed by atoms with E-state index in [-0.39, 0.29) is 23.7 Å². The first-order chi connectivity index (χ1) is 11.5. The maximum atomic E-state index is 13.1. The van der Waals surface area contributed by atoms with E-state index in [0.29, 0.717) is 18.7 Å². The van der Waals surface area contributed by atoms with Crippen LogP contribution in [0.25, 0.3) is 0 Å². The second-order valence-electron chi connectivity index (χ2n) is 6.61. The van der Waals surface area contributed by atoms with Crippen LogP contribution < -0.4 is 10.6 Å². The lowest BCUT2D eigenvalue weighted by Gasteiger charge is -2.22. The van der Waals surface area contributed by atoms with Crippen molar-refractivity contribution in [2.24, 2.45) is 5.92 Å². The number of carbonyl (C=O) groups is 1. The molecule has 1 aliphatic heterocycles. The van der Waals surface area contributed by atoms with Crippen LogP contribution in [0.5, 0.6) is 0 Å².